The van der Waals surface area contributed by atoms with Gasteiger partial charge in [0.2, 0.25) is 0 Å². The zero-order chi connectivity index (χ0) is 15.1. The summed E-state index contributed by atoms with van der Waals surface area (Å²) in [7, 11) is -7.69. The van der Waals surface area contributed by atoms with E-state index in [-0.39, 0.29) is 16.4 Å². The van der Waals surface area contributed by atoms with Gasteiger partial charge >= 0.3 is 15.2 Å². The zero-order valence-corrected chi connectivity index (χ0v) is 12.1. The Bertz CT molecular complexity index is 759. The van der Waals surface area contributed by atoms with E-state index in [1.165, 1.54) is 37.4 Å². The highest BCUT2D eigenvalue weighted by Gasteiger charge is 2.24. The van der Waals surface area contributed by atoms with Gasteiger partial charge in [-0.3, -0.25) is 9.13 Å². The molecule has 0 saturated carbocycles. The fraction of sp³-hybridized carbons (Fsp3) is 0.0909. The van der Waals surface area contributed by atoms with E-state index < -0.39 is 15.2 Å². The first-order valence-electron chi connectivity index (χ1n) is 5.37. The van der Waals surface area contributed by atoms with Crippen LogP contribution in [-0.2, 0) is 9.13 Å². The van der Waals surface area contributed by atoms with Gasteiger partial charge in [-0.1, -0.05) is 6.07 Å². The minimum atomic E-state index is -4.55. The van der Waals surface area contributed by atoms with Crippen LogP contribution in [0.15, 0.2) is 30.3 Å². The fourth-order valence-corrected chi connectivity index (χ4v) is 3.15. The molecule has 0 aliphatic rings. The van der Waals surface area contributed by atoms with Crippen molar-refractivity contribution < 1.29 is 33.4 Å². The highest BCUT2D eigenvalue weighted by atomic mass is 31.2. The normalized spacial score (nSPS) is 12.7. The van der Waals surface area contributed by atoms with Crippen molar-refractivity contribution >= 4 is 36.6 Å². The van der Waals surface area contributed by atoms with E-state index in [0.29, 0.717) is 10.8 Å². The Hall–Kier alpha value is -1.20. The number of fused-ring (bicyclic) bond motifs is 1. The second kappa shape index (κ2) is 4.97. The molecule has 0 saturated heterocycles. The summed E-state index contributed by atoms with van der Waals surface area (Å²) in [4.78, 5) is 36.8. The summed E-state index contributed by atoms with van der Waals surface area (Å²) in [5, 5.41) is 0.323. The molecule has 0 spiro atoms. The van der Waals surface area contributed by atoms with Gasteiger partial charge in [0.1, 0.15) is 11.1 Å². The monoisotopic (exact) mass is 318 g/mol. The molecule has 0 amide bonds. The quantitative estimate of drug-likeness (QED) is 0.606. The van der Waals surface area contributed by atoms with Crippen molar-refractivity contribution in [2.75, 3.05) is 7.11 Å². The third kappa shape index (κ3) is 2.94. The van der Waals surface area contributed by atoms with Gasteiger partial charge in [-0.2, -0.15) is 0 Å². The lowest BCUT2D eigenvalue weighted by atomic mass is 10.1. The van der Waals surface area contributed by atoms with E-state index in [0.717, 1.165) is 0 Å². The molecule has 2 rings (SSSR count). The van der Waals surface area contributed by atoms with Crippen LogP contribution in [-0.4, -0.2) is 26.7 Å². The lowest BCUT2D eigenvalue weighted by Crippen LogP contribution is -2.09. The van der Waals surface area contributed by atoms with Crippen molar-refractivity contribution in [3.63, 3.8) is 0 Å². The smallest absolute Gasteiger partial charge is 0.359 e. The Morgan fingerprint density at radius 1 is 0.900 bits per heavy atom. The number of hydrogen-bond donors (Lipinski definition) is 4. The summed E-state index contributed by atoms with van der Waals surface area (Å²) in [6, 6.07) is 6.51. The maximum Gasteiger partial charge on any atom is 0.359 e. The van der Waals surface area contributed by atoms with Crippen molar-refractivity contribution in [1.82, 2.24) is 0 Å². The van der Waals surface area contributed by atoms with E-state index in [1.54, 1.807) is 0 Å². The number of ether oxygens (including phenoxy) is 1. The number of methoxy groups -OCH3 is 1. The summed E-state index contributed by atoms with van der Waals surface area (Å²) in [6.45, 7) is 0. The van der Waals surface area contributed by atoms with Crippen LogP contribution in [0.1, 0.15) is 0 Å². The third-order valence-corrected chi connectivity index (χ3v) is 4.70. The standard InChI is InChI=1S/C11H12O7P2/c1-18-10-5-7-2-3-9(19(12,13)14)4-8(7)6-11(10)20(15,16)17/h2-6H,1H3,(H2,12,13,14)(H2,15,16,17). The van der Waals surface area contributed by atoms with Gasteiger partial charge in [-0.15, -0.1) is 0 Å². The van der Waals surface area contributed by atoms with Crippen LogP contribution in [0.5, 0.6) is 5.75 Å². The summed E-state index contributed by atoms with van der Waals surface area (Å²) >= 11 is 0. The van der Waals surface area contributed by atoms with Gasteiger partial charge in [-0.05, 0) is 35.0 Å². The van der Waals surface area contributed by atoms with Crippen LogP contribution in [0.4, 0.5) is 0 Å². The Morgan fingerprint density at radius 2 is 1.55 bits per heavy atom. The predicted octanol–water partition coefficient (Wildman–Crippen LogP) is 0.454. The molecular formula is C11H12O7P2. The van der Waals surface area contributed by atoms with Crippen LogP contribution >= 0.6 is 15.2 Å². The molecular weight excluding hydrogens is 306 g/mol. The van der Waals surface area contributed by atoms with Gasteiger partial charge in [0.15, 0.2) is 0 Å². The average Bonchev–Trinajstić information content (AvgIpc) is 2.34. The minimum Gasteiger partial charge on any atom is -0.496 e. The highest BCUT2D eigenvalue weighted by Crippen LogP contribution is 2.40. The molecule has 0 radical (unpaired) electrons. The number of hydrogen-bond acceptors (Lipinski definition) is 3. The second-order valence-corrected chi connectivity index (χ2v) is 7.32. The Labute approximate surface area is 114 Å². The molecule has 9 heteroatoms. The Kier molecular flexibility index (Phi) is 3.77. The van der Waals surface area contributed by atoms with Crippen LogP contribution in [0.3, 0.4) is 0 Å². The molecule has 0 unspecified atom stereocenters. The molecule has 0 bridgehead atoms. The summed E-state index contributed by atoms with van der Waals surface area (Å²) < 4.78 is 27.5. The third-order valence-electron chi connectivity index (χ3n) is 2.77. The van der Waals surface area contributed by atoms with Crippen molar-refractivity contribution in [2.24, 2.45) is 0 Å². The second-order valence-electron chi connectivity index (χ2n) is 4.14. The van der Waals surface area contributed by atoms with Crippen LogP contribution in [0.2, 0.25) is 0 Å². The maximum absolute atomic E-state index is 11.4. The molecule has 20 heavy (non-hydrogen) atoms. The maximum atomic E-state index is 11.4. The minimum absolute atomic E-state index is 0.0229. The lowest BCUT2D eigenvalue weighted by Gasteiger charge is -2.12. The molecule has 2 aromatic rings. The first kappa shape index (κ1) is 15.2. The molecule has 7 nitrogen and oxygen atoms in total. The zero-order valence-electron chi connectivity index (χ0n) is 10.3. The number of rotatable bonds is 3. The first-order valence-corrected chi connectivity index (χ1v) is 8.59. The van der Waals surface area contributed by atoms with Gasteiger partial charge in [0, 0.05) is 0 Å². The molecule has 0 aromatic heterocycles. The van der Waals surface area contributed by atoms with Crippen LogP contribution in [0, 0.1) is 0 Å². The van der Waals surface area contributed by atoms with E-state index >= 15 is 0 Å². The molecule has 108 valence electrons. The SMILES string of the molecule is COc1cc2ccc(P(=O)(O)O)cc2cc1P(=O)(O)O. The van der Waals surface area contributed by atoms with E-state index in [9.17, 15) is 18.9 Å². The summed E-state index contributed by atoms with van der Waals surface area (Å²) in [5.74, 6) is 0.0229. The van der Waals surface area contributed by atoms with Crippen molar-refractivity contribution in [1.29, 1.82) is 0 Å². The molecule has 0 fully saturated rings. The van der Waals surface area contributed by atoms with Gasteiger partial charge in [0.25, 0.3) is 0 Å². The van der Waals surface area contributed by atoms with Gasteiger partial charge in [-0.25, -0.2) is 0 Å². The lowest BCUT2D eigenvalue weighted by molar-refractivity contribution is 0.380. The largest absolute Gasteiger partial charge is 0.496 e. The van der Waals surface area contributed by atoms with Crippen molar-refractivity contribution in [2.45, 2.75) is 0 Å². The average molecular weight is 318 g/mol. The topological polar surface area (TPSA) is 124 Å². The summed E-state index contributed by atoms with van der Waals surface area (Å²) in [6.07, 6.45) is 0. The van der Waals surface area contributed by atoms with Crippen LogP contribution in [0.25, 0.3) is 10.8 Å². The van der Waals surface area contributed by atoms with Gasteiger partial charge in [0.05, 0.1) is 12.4 Å². The highest BCUT2D eigenvalue weighted by molar-refractivity contribution is 7.60. The molecule has 0 aliphatic carbocycles. The van der Waals surface area contributed by atoms with E-state index in [4.69, 9.17) is 14.5 Å². The Balaban J connectivity index is 2.77. The Morgan fingerprint density at radius 3 is 2.05 bits per heavy atom. The molecule has 2 aromatic carbocycles. The molecule has 0 atom stereocenters. The molecule has 0 heterocycles. The number of benzene rings is 2. The first-order chi connectivity index (χ1) is 9.13. The molecule has 4 N–H and O–H groups in total. The molecule has 0 aliphatic heterocycles. The van der Waals surface area contributed by atoms with E-state index in [1.807, 2.05) is 0 Å². The predicted molar refractivity (Wildman–Crippen MR) is 73.9 cm³/mol. The van der Waals surface area contributed by atoms with Gasteiger partial charge < -0.3 is 24.3 Å². The van der Waals surface area contributed by atoms with Crippen molar-refractivity contribution in [3.8, 4) is 5.75 Å². The summed E-state index contributed by atoms with van der Waals surface area (Å²) in [5.41, 5.74) is 0. The van der Waals surface area contributed by atoms with Crippen LogP contribution < -0.4 is 15.3 Å². The van der Waals surface area contributed by atoms with Crippen molar-refractivity contribution in [3.05, 3.63) is 30.3 Å². The van der Waals surface area contributed by atoms with E-state index in [2.05, 4.69) is 0 Å². The fourth-order valence-electron chi connectivity index (χ4n) is 1.82.